The molecule has 0 amide bonds. The Labute approximate surface area is 115 Å². The molecule has 3 heteroatoms. The Balaban J connectivity index is 2.35. The van der Waals surface area contributed by atoms with Gasteiger partial charge in [-0.3, -0.25) is 0 Å². The van der Waals surface area contributed by atoms with E-state index in [9.17, 15) is 5.11 Å². The predicted octanol–water partition coefficient (Wildman–Crippen LogP) is 3.81. The van der Waals surface area contributed by atoms with Crippen LogP contribution < -0.4 is 4.90 Å². The van der Waals surface area contributed by atoms with E-state index < -0.39 is 5.60 Å². The van der Waals surface area contributed by atoms with Crippen LogP contribution in [-0.2, 0) is 0 Å². The van der Waals surface area contributed by atoms with Gasteiger partial charge in [-0.2, -0.15) is 0 Å². The number of rotatable bonds is 3. The first-order valence-corrected chi connectivity index (χ1v) is 6.94. The van der Waals surface area contributed by atoms with Crippen LogP contribution >= 0.6 is 11.6 Å². The second-order valence-electron chi connectivity index (χ2n) is 6.16. The Morgan fingerprint density at radius 2 is 2.11 bits per heavy atom. The molecule has 1 aromatic rings. The Morgan fingerprint density at radius 1 is 1.44 bits per heavy atom. The zero-order chi connectivity index (χ0) is 13.5. The fraction of sp³-hybridized carbons (Fsp3) is 0.600. The third kappa shape index (κ3) is 2.81. The number of halogens is 1. The number of aliphatic hydroxyl groups is 1. The fourth-order valence-corrected chi connectivity index (χ4v) is 3.00. The average Bonchev–Trinajstić information content (AvgIpc) is 2.54. The molecule has 0 bridgehead atoms. The first kappa shape index (κ1) is 13.7. The van der Waals surface area contributed by atoms with Gasteiger partial charge in [-0.15, -0.1) is 0 Å². The molecule has 0 aliphatic carbocycles. The summed E-state index contributed by atoms with van der Waals surface area (Å²) in [6.45, 7) is 9.11. The van der Waals surface area contributed by atoms with Crippen LogP contribution in [0, 0.1) is 0 Å². The van der Waals surface area contributed by atoms with Gasteiger partial charge in [0.1, 0.15) is 0 Å². The standard InChI is InChI=1S/C15H22ClNO/c1-10(2)17-9-11(8-15(3,4)18)13-7-12(16)5-6-14(13)17/h5-7,10-11,18H,8-9H2,1-4H3. The maximum atomic E-state index is 10.0. The van der Waals surface area contributed by atoms with E-state index in [0.29, 0.717) is 12.0 Å². The van der Waals surface area contributed by atoms with E-state index in [1.54, 1.807) is 0 Å². The van der Waals surface area contributed by atoms with Crippen molar-refractivity contribution in [2.75, 3.05) is 11.4 Å². The molecule has 1 heterocycles. The van der Waals surface area contributed by atoms with Crippen molar-refractivity contribution < 1.29 is 5.11 Å². The highest BCUT2D eigenvalue weighted by atomic mass is 35.5. The third-order valence-corrected chi connectivity index (χ3v) is 3.76. The van der Waals surface area contributed by atoms with E-state index in [1.165, 1.54) is 11.3 Å². The molecule has 0 aromatic heterocycles. The monoisotopic (exact) mass is 267 g/mol. The number of fused-ring (bicyclic) bond motifs is 1. The van der Waals surface area contributed by atoms with Gasteiger partial charge in [-0.25, -0.2) is 0 Å². The van der Waals surface area contributed by atoms with E-state index in [0.717, 1.165) is 18.0 Å². The lowest BCUT2D eigenvalue weighted by molar-refractivity contribution is 0.0643. The van der Waals surface area contributed by atoms with Crippen LogP contribution in [0.15, 0.2) is 18.2 Å². The second kappa shape index (κ2) is 4.75. The lowest BCUT2D eigenvalue weighted by Crippen LogP contribution is -2.31. The normalized spacial score (nSPS) is 19.5. The van der Waals surface area contributed by atoms with E-state index in [1.807, 2.05) is 19.9 Å². The van der Waals surface area contributed by atoms with Gasteiger partial charge in [0, 0.05) is 29.2 Å². The van der Waals surface area contributed by atoms with Gasteiger partial charge in [0.05, 0.1) is 5.60 Å². The summed E-state index contributed by atoms with van der Waals surface area (Å²) in [5.41, 5.74) is 1.90. The predicted molar refractivity (Wildman–Crippen MR) is 77.6 cm³/mol. The van der Waals surface area contributed by atoms with E-state index in [2.05, 4.69) is 30.9 Å². The minimum Gasteiger partial charge on any atom is -0.390 e. The average molecular weight is 268 g/mol. The number of anilines is 1. The molecule has 1 aliphatic heterocycles. The first-order valence-electron chi connectivity index (χ1n) is 6.56. The summed E-state index contributed by atoms with van der Waals surface area (Å²) >= 11 is 6.11. The van der Waals surface area contributed by atoms with Crippen molar-refractivity contribution in [2.45, 2.75) is 51.7 Å². The number of nitrogens with zero attached hydrogens (tertiary/aromatic N) is 1. The van der Waals surface area contributed by atoms with Crippen molar-refractivity contribution in [3.63, 3.8) is 0 Å². The molecule has 0 fully saturated rings. The largest absolute Gasteiger partial charge is 0.390 e. The summed E-state index contributed by atoms with van der Waals surface area (Å²) in [7, 11) is 0. The molecule has 1 N–H and O–H groups in total. The lowest BCUT2D eigenvalue weighted by Gasteiger charge is -2.26. The van der Waals surface area contributed by atoms with Crippen LogP contribution in [-0.4, -0.2) is 23.3 Å². The van der Waals surface area contributed by atoms with Crippen molar-refractivity contribution >= 4 is 17.3 Å². The quantitative estimate of drug-likeness (QED) is 0.900. The molecule has 1 unspecified atom stereocenters. The second-order valence-corrected chi connectivity index (χ2v) is 6.60. The molecule has 18 heavy (non-hydrogen) atoms. The molecule has 1 aliphatic rings. The van der Waals surface area contributed by atoms with Crippen molar-refractivity contribution in [3.05, 3.63) is 28.8 Å². The van der Waals surface area contributed by atoms with Crippen molar-refractivity contribution in [1.29, 1.82) is 0 Å². The van der Waals surface area contributed by atoms with Gasteiger partial charge >= 0.3 is 0 Å². The molecular weight excluding hydrogens is 246 g/mol. The summed E-state index contributed by atoms with van der Waals surface area (Å²) in [5.74, 6) is 0.362. The number of hydrogen-bond acceptors (Lipinski definition) is 2. The zero-order valence-electron chi connectivity index (χ0n) is 11.6. The van der Waals surface area contributed by atoms with Crippen molar-refractivity contribution in [1.82, 2.24) is 0 Å². The van der Waals surface area contributed by atoms with Gasteiger partial charge in [0.25, 0.3) is 0 Å². The summed E-state index contributed by atoms with van der Waals surface area (Å²) < 4.78 is 0. The number of hydrogen-bond donors (Lipinski definition) is 1. The molecule has 1 aromatic carbocycles. The van der Waals surface area contributed by atoms with Crippen LogP contribution in [0.2, 0.25) is 5.02 Å². The highest BCUT2D eigenvalue weighted by Crippen LogP contribution is 2.42. The van der Waals surface area contributed by atoms with Gasteiger partial charge in [-0.05, 0) is 57.9 Å². The maximum Gasteiger partial charge on any atom is 0.0598 e. The SMILES string of the molecule is CC(C)N1CC(CC(C)(C)O)c2cc(Cl)ccc21. The summed E-state index contributed by atoms with van der Waals surface area (Å²) in [6.07, 6.45) is 0.767. The molecule has 0 saturated carbocycles. The van der Waals surface area contributed by atoms with Crippen LogP contribution in [0.4, 0.5) is 5.69 Å². The molecule has 2 rings (SSSR count). The Kier molecular flexibility index (Phi) is 3.61. The van der Waals surface area contributed by atoms with Crippen LogP contribution in [0.25, 0.3) is 0 Å². The Morgan fingerprint density at radius 3 is 2.67 bits per heavy atom. The highest BCUT2D eigenvalue weighted by Gasteiger charge is 2.33. The molecule has 0 saturated heterocycles. The van der Waals surface area contributed by atoms with Crippen LogP contribution in [0.1, 0.15) is 45.6 Å². The highest BCUT2D eigenvalue weighted by molar-refractivity contribution is 6.30. The maximum absolute atomic E-state index is 10.0. The first-order chi connectivity index (χ1) is 8.28. The van der Waals surface area contributed by atoms with E-state index in [-0.39, 0.29) is 0 Å². The van der Waals surface area contributed by atoms with Gasteiger partial charge < -0.3 is 10.0 Å². The van der Waals surface area contributed by atoms with E-state index in [4.69, 9.17) is 11.6 Å². The minimum absolute atomic E-state index is 0.362. The topological polar surface area (TPSA) is 23.5 Å². The fourth-order valence-electron chi connectivity index (χ4n) is 2.81. The summed E-state index contributed by atoms with van der Waals surface area (Å²) in [6, 6.07) is 6.57. The van der Waals surface area contributed by atoms with Gasteiger partial charge in [0.15, 0.2) is 0 Å². The molecule has 2 nitrogen and oxygen atoms in total. The Hall–Kier alpha value is -0.730. The molecule has 1 atom stereocenters. The van der Waals surface area contributed by atoms with Crippen molar-refractivity contribution in [3.8, 4) is 0 Å². The minimum atomic E-state index is -0.642. The van der Waals surface area contributed by atoms with Crippen LogP contribution in [0.3, 0.4) is 0 Å². The van der Waals surface area contributed by atoms with Gasteiger partial charge in [0.2, 0.25) is 0 Å². The van der Waals surface area contributed by atoms with Crippen LogP contribution in [0.5, 0.6) is 0 Å². The third-order valence-electron chi connectivity index (χ3n) is 3.53. The Bertz CT molecular complexity index is 437. The molecular formula is C15H22ClNO. The summed E-state index contributed by atoms with van der Waals surface area (Å²) in [5, 5.41) is 10.8. The lowest BCUT2D eigenvalue weighted by atomic mass is 9.89. The summed E-state index contributed by atoms with van der Waals surface area (Å²) in [4.78, 5) is 2.39. The molecule has 100 valence electrons. The van der Waals surface area contributed by atoms with Gasteiger partial charge in [-0.1, -0.05) is 11.6 Å². The molecule has 0 spiro atoms. The van der Waals surface area contributed by atoms with E-state index >= 15 is 0 Å². The van der Waals surface area contributed by atoms with Crippen molar-refractivity contribution in [2.24, 2.45) is 0 Å². The number of benzene rings is 1. The smallest absolute Gasteiger partial charge is 0.0598 e. The zero-order valence-corrected chi connectivity index (χ0v) is 12.3. The molecule has 0 radical (unpaired) electrons.